The molecule has 1 aromatic rings. The van der Waals surface area contributed by atoms with Crippen LogP contribution in [0.2, 0.25) is 0 Å². The standard InChI is InChI=1S/C13H21N3O3/c14-10-11-2-3-12(19-11)13(18)16-5-1-4-15(6-7-16)8-9-17/h2-3,17H,1,4-10,14H2. The van der Waals surface area contributed by atoms with Gasteiger partial charge in [-0.2, -0.15) is 0 Å². The highest BCUT2D eigenvalue weighted by Crippen LogP contribution is 2.12. The van der Waals surface area contributed by atoms with Gasteiger partial charge in [-0.1, -0.05) is 0 Å². The molecule has 6 nitrogen and oxygen atoms in total. The summed E-state index contributed by atoms with van der Waals surface area (Å²) < 4.78 is 5.39. The molecule has 0 atom stereocenters. The Balaban J connectivity index is 1.95. The molecule has 19 heavy (non-hydrogen) atoms. The van der Waals surface area contributed by atoms with Crippen molar-refractivity contribution in [2.24, 2.45) is 5.73 Å². The minimum Gasteiger partial charge on any atom is -0.455 e. The molecule has 1 aliphatic heterocycles. The van der Waals surface area contributed by atoms with Gasteiger partial charge in [0.25, 0.3) is 5.91 Å². The van der Waals surface area contributed by atoms with Gasteiger partial charge in [0.05, 0.1) is 13.2 Å². The van der Waals surface area contributed by atoms with Crippen LogP contribution in [0.15, 0.2) is 16.5 Å². The smallest absolute Gasteiger partial charge is 0.289 e. The minimum atomic E-state index is -0.0782. The van der Waals surface area contributed by atoms with E-state index in [-0.39, 0.29) is 12.5 Å². The first-order valence-corrected chi connectivity index (χ1v) is 6.66. The second-order valence-corrected chi connectivity index (χ2v) is 4.68. The fraction of sp³-hybridized carbons (Fsp3) is 0.615. The number of rotatable bonds is 4. The summed E-state index contributed by atoms with van der Waals surface area (Å²) in [5.41, 5.74) is 5.47. The second kappa shape index (κ2) is 6.70. The fourth-order valence-electron chi connectivity index (χ4n) is 2.30. The van der Waals surface area contributed by atoms with Gasteiger partial charge < -0.3 is 20.2 Å². The second-order valence-electron chi connectivity index (χ2n) is 4.68. The Morgan fingerprint density at radius 3 is 2.84 bits per heavy atom. The molecule has 106 valence electrons. The number of aliphatic hydroxyl groups is 1. The molecule has 3 N–H and O–H groups in total. The van der Waals surface area contributed by atoms with Crippen LogP contribution in [-0.4, -0.2) is 60.1 Å². The van der Waals surface area contributed by atoms with Gasteiger partial charge in [0.15, 0.2) is 5.76 Å². The molecule has 0 bridgehead atoms. The largest absolute Gasteiger partial charge is 0.455 e. The average molecular weight is 267 g/mol. The Morgan fingerprint density at radius 1 is 1.32 bits per heavy atom. The lowest BCUT2D eigenvalue weighted by Gasteiger charge is -2.20. The Morgan fingerprint density at radius 2 is 2.16 bits per heavy atom. The summed E-state index contributed by atoms with van der Waals surface area (Å²) in [6, 6.07) is 3.42. The molecule has 0 radical (unpaired) electrons. The van der Waals surface area contributed by atoms with Gasteiger partial charge in [0.2, 0.25) is 0 Å². The van der Waals surface area contributed by atoms with E-state index in [2.05, 4.69) is 4.90 Å². The molecule has 1 aliphatic rings. The normalized spacial score (nSPS) is 17.5. The Bertz CT molecular complexity index is 419. The first-order valence-electron chi connectivity index (χ1n) is 6.66. The van der Waals surface area contributed by atoms with Crippen molar-refractivity contribution >= 4 is 5.91 Å². The third-order valence-corrected chi connectivity index (χ3v) is 3.37. The quantitative estimate of drug-likeness (QED) is 0.794. The number of amides is 1. The number of furan rings is 1. The van der Waals surface area contributed by atoms with Crippen molar-refractivity contribution in [2.45, 2.75) is 13.0 Å². The molecule has 2 heterocycles. The molecule has 0 aromatic carbocycles. The summed E-state index contributed by atoms with van der Waals surface area (Å²) in [5.74, 6) is 0.904. The first kappa shape index (κ1) is 14.0. The van der Waals surface area contributed by atoms with Crippen LogP contribution in [0.5, 0.6) is 0 Å². The van der Waals surface area contributed by atoms with Gasteiger partial charge in [-0.25, -0.2) is 0 Å². The molecule has 2 rings (SSSR count). The topological polar surface area (TPSA) is 82.9 Å². The van der Waals surface area contributed by atoms with Crippen LogP contribution in [0.1, 0.15) is 22.7 Å². The van der Waals surface area contributed by atoms with Crippen LogP contribution in [0.25, 0.3) is 0 Å². The highest BCUT2D eigenvalue weighted by Gasteiger charge is 2.22. The monoisotopic (exact) mass is 267 g/mol. The SMILES string of the molecule is NCc1ccc(C(=O)N2CCCN(CCO)CC2)o1. The predicted molar refractivity (Wildman–Crippen MR) is 70.6 cm³/mol. The molecule has 1 amide bonds. The van der Waals surface area contributed by atoms with Crippen molar-refractivity contribution in [2.75, 3.05) is 39.3 Å². The van der Waals surface area contributed by atoms with Crippen LogP contribution in [0.4, 0.5) is 0 Å². The van der Waals surface area contributed by atoms with Gasteiger partial charge in [0, 0.05) is 26.2 Å². The van der Waals surface area contributed by atoms with E-state index in [4.69, 9.17) is 15.3 Å². The molecule has 0 unspecified atom stereocenters. The molecular formula is C13H21N3O3. The lowest BCUT2D eigenvalue weighted by molar-refractivity contribution is 0.0727. The zero-order valence-electron chi connectivity index (χ0n) is 11.0. The van der Waals surface area contributed by atoms with E-state index in [1.54, 1.807) is 17.0 Å². The molecular weight excluding hydrogens is 246 g/mol. The van der Waals surface area contributed by atoms with E-state index in [9.17, 15) is 4.79 Å². The Hall–Kier alpha value is -1.37. The zero-order chi connectivity index (χ0) is 13.7. The number of carbonyl (C=O) groups is 1. The summed E-state index contributed by atoms with van der Waals surface area (Å²) >= 11 is 0. The average Bonchev–Trinajstić information content (AvgIpc) is 2.79. The number of hydrogen-bond acceptors (Lipinski definition) is 5. The summed E-state index contributed by atoms with van der Waals surface area (Å²) in [6.45, 7) is 4.22. The van der Waals surface area contributed by atoms with Gasteiger partial charge in [-0.15, -0.1) is 0 Å². The Kier molecular flexibility index (Phi) is 4.95. The molecule has 1 saturated heterocycles. The first-order chi connectivity index (χ1) is 9.24. The number of aliphatic hydroxyl groups excluding tert-OH is 1. The van der Waals surface area contributed by atoms with E-state index in [1.165, 1.54) is 0 Å². The van der Waals surface area contributed by atoms with Crippen molar-refractivity contribution in [1.29, 1.82) is 0 Å². The molecule has 0 spiro atoms. The van der Waals surface area contributed by atoms with Crippen molar-refractivity contribution in [3.8, 4) is 0 Å². The van der Waals surface area contributed by atoms with Crippen LogP contribution in [-0.2, 0) is 6.54 Å². The number of carbonyl (C=O) groups excluding carboxylic acids is 1. The number of β-amino-alcohol motifs (C(OH)–C–C–N with tert-alkyl or cyclic N) is 1. The number of hydrogen-bond donors (Lipinski definition) is 2. The molecule has 1 aromatic heterocycles. The van der Waals surface area contributed by atoms with Crippen molar-refractivity contribution in [3.63, 3.8) is 0 Å². The summed E-state index contributed by atoms with van der Waals surface area (Å²) in [5, 5.41) is 8.94. The van der Waals surface area contributed by atoms with Gasteiger partial charge in [0.1, 0.15) is 5.76 Å². The Labute approximate surface area is 112 Å². The van der Waals surface area contributed by atoms with Crippen LogP contribution in [0, 0.1) is 0 Å². The highest BCUT2D eigenvalue weighted by atomic mass is 16.4. The van der Waals surface area contributed by atoms with Crippen molar-refractivity contribution in [3.05, 3.63) is 23.7 Å². The number of nitrogens with zero attached hydrogens (tertiary/aromatic N) is 2. The van der Waals surface area contributed by atoms with E-state index >= 15 is 0 Å². The maximum Gasteiger partial charge on any atom is 0.289 e. The van der Waals surface area contributed by atoms with Crippen molar-refractivity contribution in [1.82, 2.24) is 9.80 Å². The van der Waals surface area contributed by atoms with Crippen molar-refractivity contribution < 1.29 is 14.3 Å². The summed E-state index contributed by atoms with van der Waals surface area (Å²) in [7, 11) is 0. The lowest BCUT2D eigenvalue weighted by Crippen LogP contribution is -2.35. The maximum atomic E-state index is 12.3. The summed E-state index contributed by atoms with van der Waals surface area (Å²) in [4.78, 5) is 16.2. The lowest BCUT2D eigenvalue weighted by atomic mass is 10.3. The van der Waals surface area contributed by atoms with Crippen LogP contribution < -0.4 is 5.73 Å². The third kappa shape index (κ3) is 3.56. The zero-order valence-corrected chi connectivity index (χ0v) is 11.0. The van der Waals surface area contributed by atoms with E-state index < -0.39 is 0 Å². The molecule has 0 saturated carbocycles. The minimum absolute atomic E-state index is 0.0782. The van der Waals surface area contributed by atoms with Gasteiger partial charge >= 0.3 is 0 Å². The van der Waals surface area contributed by atoms with E-state index in [1.807, 2.05) is 0 Å². The molecule has 0 aliphatic carbocycles. The van der Waals surface area contributed by atoms with Crippen LogP contribution >= 0.6 is 0 Å². The fourth-order valence-corrected chi connectivity index (χ4v) is 2.30. The highest BCUT2D eigenvalue weighted by molar-refractivity contribution is 5.91. The van der Waals surface area contributed by atoms with Gasteiger partial charge in [-0.3, -0.25) is 9.69 Å². The molecule has 6 heteroatoms. The van der Waals surface area contributed by atoms with Crippen LogP contribution in [0.3, 0.4) is 0 Å². The van der Waals surface area contributed by atoms with E-state index in [0.717, 1.165) is 26.1 Å². The predicted octanol–water partition coefficient (Wildman–Crippen LogP) is -0.122. The van der Waals surface area contributed by atoms with E-state index in [0.29, 0.717) is 31.2 Å². The molecule has 1 fully saturated rings. The maximum absolute atomic E-state index is 12.3. The number of nitrogens with two attached hydrogens (primary N) is 1. The summed E-state index contributed by atoms with van der Waals surface area (Å²) in [6.07, 6.45) is 0.913. The third-order valence-electron chi connectivity index (χ3n) is 3.37. The van der Waals surface area contributed by atoms with Gasteiger partial charge in [-0.05, 0) is 25.1 Å².